The van der Waals surface area contributed by atoms with Gasteiger partial charge in [-0.1, -0.05) is 42.1 Å². The zero-order chi connectivity index (χ0) is 20.3. The lowest BCUT2D eigenvalue weighted by Crippen LogP contribution is -2.14. The maximum Gasteiger partial charge on any atom is 0.274 e. The first-order valence-corrected chi connectivity index (χ1v) is 9.48. The number of hydrogen-bond donors (Lipinski definition) is 1. The fraction of sp³-hybridized carbons (Fsp3) is 0.211. The van der Waals surface area contributed by atoms with Crippen molar-refractivity contribution in [3.05, 3.63) is 63.7 Å². The van der Waals surface area contributed by atoms with Crippen molar-refractivity contribution in [2.75, 3.05) is 11.1 Å². The number of aryl methyl sites for hydroxylation is 2. The Hall–Kier alpha value is -3.20. The highest BCUT2D eigenvalue weighted by Crippen LogP contribution is 2.26. The van der Waals surface area contributed by atoms with Gasteiger partial charge in [0.15, 0.2) is 11.0 Å². The molecule has 0 atom stereocenters. The van der Waals surface area contributed by atoms with Crippen molar-refractivity contribution in [2.24, 2.45) is 7.05 Å². The third-order valence-electron chi connectivity index (χ3n) is 4.24. The number of thioether (sulfide) groups is 1. The van der Waals surface area contributed by atoms with E-state index >= 15 is 0 Å². The highest BCUT2D eigenvalue weighted by molar-refractivity contribution is 7.99. The van der Waals surface area contributed by atoms with E-state index in [4.69, 9.17) is 0 Å². The molecule has 0 aliphatic carbocycles. The van der Waals surface area contributed by atoms with Gasteiger partial charge in [0.05, 0.1) is 10.7 Å². The fourth-order valence-corrected chi connectivity index (χ4v) is 3.42. The highest BCUT2D eigenvalue weighted by atomic mass is 32.2. The van der Waals surface area contributed by atoms with E-state index in [0.29, 0.717) is 16.4 Å². The quantitative estimate of drug-likeness (QED) is 0.386. The molecule has 0 bridgehead atoms. The van der Waals surface area contributed by atoms with Crippen molar-refractivity contribution >= 4 is 29.0 Å². The van der Waals surface area contributed by atoms with Crippen molar-refractivity contribution in [1.29, 1.82) is 0 Å². The van der Waals surface area contributed by atoms with Crippen molar-refractivity contribution in [2.45, 2.75) is 19.0 Å². The number of hydrogen-bond acceptors (Lipinski definition) is 6. The lowest BCUT2D eigenvalue weighted by molar-refractivity contribution is -0.385. The Morgan fingerprint density at radius 2 is 1.93 bits per heavy atom. The molecule has 0 spiro atoms. The number of benzene rings is 2. The number of nitro benzene ring substituents is 1. The summed E-state index contributed by atoms with van der Waals surface area (Å²) >= 11 is 1.25. The van der Waals surface area contributed by atoms with Crippen LogP contribution in [0.3, 0.4) is 0 Å². The van der Waals surface area contributed by atoms with Gasteiger partial charge in [-0.3, -0.25) is 14.9 Å². The van der Waals surface area contributed by atoms with E-state index in [-0.39, 0.29) is 17.3 Å². The largest absolute Gasteiger partial charge is 0.325 e. The molecule has 144 valence electrons. The number of nitrogens with one attached hydrogen (secondary N) is 1. The summed E-state index contributed by atoms with van der Waals surface area (Å²) in [7, 11) is 1.85. The molecule has 1 heterocycles. The maximum absolute atomic E-state index is 12.2. The number of nitrogens with zero attached hydrogens (tertiary/aromatic N) is 4. The number of amides is 1. The van der Waals surface area contributed by atoms with Crippen LogP contribution in [0.5, 0.6) is 0 Å². The summed E-state index contributed by atoms with van der Waals surface area (Å²) in [6.45, 7) is 3.66. The standard InChI is InChI=1S/C19H19N5O3S/c1-12-6-4-5-7-15(12)18-21-22-19(23(18)3)28-11-17(25)20-14-9-8-13(2)16(10-14)24(26)27/h4-10H,11H2,1-3H3,(H,20,25). The number of nitro groups is 1. The molecular weight excluding hydrogens is 378 g/mol. The first kappa shape index (κ1) is 19.6. The van der Waals surface area contributed by atoms with Crippen LogP contribution in [-0.4, -0.2) is 31.3 Å². The number of carbonyl (C=O) groups is 1. The van der Waals surface area contributed by atoms with Crippen molar-refractivity contribution < 1.29 is 9.72 Å². The van der Waals surface area contributed by atoms with Crippen molar-refractivity contribution in [3.8, 4) is 11.4 Å². The first-order chi connectivity index (χ1) is 13.4. The highest BCUT2D eigenvalue weighted by Gasteiger charge is 2.15. The molecule has 9 heteroatoms. The summed E-state index contributed by atoms with van der Waals surface area (Å²) in [6, 6.07) is 12.5. The third-order valence-corrected chi connectivity index (χ3v) is 5.26. The van der Waals surface area contributed by atoms with Crippen LogP contribution in [0.25, 0.3) is 11.4 Å². The van der Waals surface area contributed by atoms with E-state index in [0.717, 1.165) is 17.0 Å². The molecule has 1 aromatic heterocycles. The minimum Gasteiger partial charge on any atom is -0.325 e. The molecule has 28 heavy (non-hydrogen) atoms. The number of carbonyl (C=O) groups excluding carboxylic acids is 1. The van der Waals surface area contributed by atoms with Gasteiger partial charge in [0.2, 0.25) is 5.91 Å². The van der Waals surface area contributed by atoms with Gasteiger partial charge in [0, 0.05) is 29.9 Å². The van der Waals surface area contributed by atoms with E-state index in [1.54, 1.807) is 19.1 Å². The lowest BCUT2D eigenvalue weighted by Gasteiger charge is -2.07. The van der Waals surface area contributed by atoms with E-state index < -0.39 is 4.92 Å². The topological polar surface area (TPSA) is 103 Å². The zero-order valence-corrected chi connectivity index (χ0v) is 16.5. The van der Waals surface area contributed by atoms with Crippen LogP contribution >= 0.6 is 11.8 Å². The van der Waals surface area contributed by atoms with Crippen LogP contribution in [0.15, 0.2) is 47.6 Å². The second kappa shape index (κ2) is 8.22. The van der Waals surface area contributed by atoms with Gasteiger partial charge in [0.1, 0.15) is 0 Å². The number of rotatable bonds is 6. The van der Waals surface area contributed by atoms with Gasteiger partial charge in [-0.25, -0.2) is 0 Å². The second-order valence-electron chi connectivity index (χ2n) is 6.28. The summed E-state index contributed by atoms with van der Waals surface area (Å²) in [6.07, 6.45) is 0. The van der Waals surface area contributed by atoms with Crippen LogP contribution in [0.1, 0.15) is 11.1 Å². The van der Waals surface area contributed by atoms with Crippen LogP contribution in [0.2, 0.25) is 0 Å². The molecule has 1 N–H and O–H groups in total. The van der Waals surface area contributed by atoms with Gasteiger partial charge in [-0.05, 0) is 25.5 Å². The van der Waals surface area contributed by atoms with E-state index in [1.165, 1.54) is 17.8 Å². The van der Waals surface area contributed by atoms with Gasteiger partial charge in [-0.2, -0.15) is 0 Å². The molecule has 0 unspecified atom stereocenters. The van der Waals surface area contributed by atoms with Crippen LogP contribution in [0, 0.1) is 24.0 Å². The summed E-state index contributed by atoms with van der Waals surface area (Å²) < 4.78 is 1.84. The molecule has 0 fully saturated rings. The van der Waals surface area contributed by atoms with Crippen LogP contribution < -0.4 is 5.32 Å². The van der Waals surface area contributed by atoms with E-state index in [1.807, 2.05) is 42.8 Å². The summed E-state index contributed by atoms with van der Waals surface area (Å²) in [5, 5.41) is 22.7. The van der Waals surface area contributed by atoms with Crippen molar-refractivity contribution in [3.63, 3.8) is 0 Å². The first-order valence-electron chi connectivity index (χ1n) is 8.50. The minimum atomic E-state index is -0.466. The van der Waals surface area contributed by atoms with Gasteiger partial charge < -0.3 is 9.88 Å². The SMILES string of the molecule is Cc1ccccc1-c1nnc(SCC(=O)Nc2ccc(C)c([N+](=O)[O-])c2)n1C. The molecule has 1 amide bonds. The molecule has 3 rings (SSSR count). The van der Waals surface area contributed by atoms with Gasteiger partial charge in [0.25, 0.3) is 5.69 Å². The van der Waals surface area contributed by atoms with Crippen LogP contribution in [0.4, 0.5) is 11.4 Å². The molecule has 2 aromatic carbocycles. The van der Waals surface area contributed by atoms with E-state index in [2.05, 4.69) is 15.5 Å². The smallest absolute Gasteiger partial charge is 0.274 e. The Morgan fingerprint density at radius 3 is 2.64 bits per heavy atom. The van der Waals surface area contributed by atoms with Crippen molar-refractivity contribution in [1.82, 2.24) is 14.8 Å². The number of aromatic nitrogens is 3. The maximum atomic E-state index is 12.2. The predicted molar refractivity (Wildman–Crippen MR) is 108 cm³/mol. The molecule has 0 radical (unpaired) electrons. The molecular formula is C19H19N5O3S. The average Bonchev–Trinajstić information content (AvgIpc) is 3.02. The normalized spacial score (nSPS) is 10.7. The Bertz CT molecular complexity index is 1050. The third kappa shape index (κ3) is 4.20. The summed E-state index contributed by atoms with van der Waals surface area (Å²) in [4.78, 5) is 22.8. The Kier molecular flexibility index (Phi) is 5.74. The van der Waals surface area contributed by atoms with Gasteiger partial charge >= 0.3 is 0 Å². The van der Waals surface area contributed by atoms with Gasteiger partial charge in [-0.15, -0.1) is 10.2 Å². The second-order valence-corrected chi connectivity index (χ2v) is 7.22. The van der Waals surface area contributed by atoms with Crippen LogP contribution in [-0.2, 0) is 11.8 Å². The molecule has 0 saturated carbocycles. The predicted octanol–water partition coefficient (Wildman–Crippen LogP) is 3.74. The fourth-order valence-electron chi connectivity index (χ4n) is 2.71. The molecule has 0 aliphatic rings. The molecule has 3 aromatic rings. The lowest BCUT2D eigenvalue weighted by atomic mass is 10.1. The molecule has 8 nitrogen and oxygen atoms in total. The summed E-state index contributed by atoms with van der Waals surface area (Å²) in [5.41, 5.74) is 2.98. The Morgan fingerprint density at radius 1 is 1.18 bits per heavy atom. The number of anilines is 1. The molecule has 0 aliphatic heterocycles. The average molecular weight is 397 g/mol. The Balaban J connectivity index is 1.67. The minimum absolute atomic E-state index is 0.0263. The van der Waals surface area contributed by atoms with E-state index in [9.17, 15) is 14.9 Å². The Labute approximate surface area is 166 Å². The zero-order valence-electron chi connectivity index (χ0n) is 15.7. The molecule has 0 saturated heterocycles. The summed E-state index contributed by atoms with van der Waals surface area (Å²) in [5.74, 6) is 0.570. The monoisotopic (exact) mass is 397 g/mol.